The predicted molar refractivity (Wildman–Crippen MR) is 70.0 cm³/mol. The van der Waals surface area contributed by atoms with Crippen molar-refractivity contribution < 1.29 is 8.81 Å². The number of hydrogen-bond donors (Lipinski definition) is 0. The van der Waals surface area contributed by atoms with Crippen LogP contribution in [0.3, 0.4) is 0 Å². The molecule has 1 aromatic heterocycles. The Morgan fingerprint density at radius 1 is 1.29 bits per heavy atom. The van der Waals surface area contributed by atoms with Gasteiger partial charge in [0.25, 0.3) is 0 Å². The third-order valence-electron chi connectivity index (χ3n) is 2.77. The van der Waals surface area contributed by atoms with E-state index in [1.54, 1.807) is 6.07 Å². The quantitative estimate of drug-likeness (QED) is 0.747. The summed E-state index contributed by atoms with van der Waals surface area (Å²) < 4.78 is 19.0. The van der Waals surface area contributed by atoms with Crippen molar-refractivity contribution in [2.24, 2.45) is 0 Å². The summed E-state index contributed by atoms with van der Waals surface area (Å²) >= 11 is 3.59. The molecule has 3 heteroatoms. The zero-order valence-corrected chi connectivity index (χ0v) is 11.4. The molecule has 0 N–H and O–H groups in total. The van der Waals surface area contributed by atoms with Crippen molar-refractivity contribution in [1.82, 2.24) is 0 Å². The van der Waals surface area contributed by atoms with Crippen molar-refractivity contribution in [3.63, 3.8) is 0 Å². The maximum absolute atomic E-state index is 13.5. The molecule has 1 atom stereocenters. The van der Waals surface area contributed by atoms with E-state index in [4.69, 9.17) is 4.42 Å². The van der Waals surface area contributed by atoms with Crippen molar-refractivity contribution in [2.75, 3.05) is 0 Å². The van der Waals surface area contributed by atoms with Crippen molar-refractivity contribution in [1.29, 1.82) is 0 Å². The highest BCUT2D eigenvalue weighted by molar-refractivity contribution is 9.09. The van der Waals surface area contributed by atoms with E-state index in [2.05, 4.69) is 15.9 Å². The Bertz CT molecular complexity index is 519. The lowest BCUT2D eigenvalue weighted by atomic mass is 10.0. The van der Waals surface area contributed by atoms with Gasteiger partial charge in [-0.15, -0.1) is 0 Å². The number of benzene rings is 1. The number of rotatable bonds is 3. The van der Waals surface area contributed by atoms with Crippen LogP contribution in [0.4, 0.5) is 4.39 Å². The van der Waals surface area contributed by atoms with Gasteiger partial charge < -0.3 is 4.42 Å². The minimum absolute atomic E-state index is 0.0804. The van der Waals surface area contributed by atoms with Crippen LogP contribution in [0.25, 0.3) is 0 Å². The lowest BCUT2D eigenvalue weighted by Crippen LogP contribution is -1.98. The Balaban J connectivity index is 2.20. The third-order valence-corrected chi connectivity index (χ3v) is 3.59. The molecule has 0 bridgehead atoms. The third kappa shape index (κ3) is 2.78. The summed E-state index contributed by atoms with van der Waals surface area (Å²) in [5.41, 5.74) is 1.80. The van der Waals surface area contributed by atoms with Gasteiger partial charge in [-0.2, -0.15) is 0 Å². The Kier molecular flexibility index (Phi) is 3.67. The molecule has 2 aromatic rings. The summed E-state index contributed by atoms with van der Waals surface area (Å²) in [6.07, 6.45) is 0.618. The number of halogens is 2. The van der Waals surface area contributed by atoms with E-state index in [0.29, 0.717) is 12.0 Å². The fraction of sp³-hybridized carbons (Fsp3) is 0.286. The van der Waals surface area contributed by atoms with Gasteiger partial charge in [0.05, 0.1) is 0 Å². The molecule has 1 unspecified atom stereocenters. The van der Waals surface area contributed by atoms with Crippen LogP contribution in [-0.2, 0) is 6.42 Å². The van der Waals surface area contributed by atoms with Crippen LogP contribution in [0, 0.1) is 19.7 Å². The van der Waals surface area contributed by atoms with Gasteiger partial charge in [0.1, 0.15) is 17.3 Å². The summed E-state index contributed by atoms with van der Waals surface area (Å²) in [4.78, 5) is 0.0804. The second-order valence-corrected chi connectivity index (χ2v) is 5.24. The minimum atomic E-state index is -0.158. The first kappa shape index (κ1) is 12.4. The van der Waals surface area contributed by atoms with E-state index >= 15 is 0 Å². The molecule has 0 aliphatic rings. The van der Waals surface area contributed by atoms with E-state index in [9.17, 15) is 4.39 Å². The lowest BCUT2D eigenvalue weighted by molar-refractivity contribution is 0.500. The first-order chi connectivity index (χ1) is 8.08. The maximum atomic E-state index is 13.5. The maximum Gasteiger partial charge on any atom is 0.126 e. The van der Waals surface area contributed by atoms with Crippen molar-refractivity contribution >= 4 is 15.9 Å². The van der Waals surface area contributed by atoms with Gasteiger partial charge in [-0.3, -0.25) is 0 Å². The molecule has 2 rings (SSSR count). The molecule has 1 nitrogen and oxygen atoms in total. The first-order valence-electron chi connectivity index (χ1n) is 5.52. The van der Waals surface area contributed by atoms with Crippen molar-refractivity contribution in [3.8, 4) is 0 Å². The van der Waals surface area contributed by atoms with Gasteiger partial charge in [0.2, 0.25) is 0 Å². The molecule has 90 valence electrons. The summed E-state index contributed by atoms with van der Waals surface area (Å²) in [6, 6.07) is 8.85. The molecule has 0 fully saturated rings. The highest BCUT2D eigenvalue weighted by Crippen LogP contribution is 2.31. The second-order valence-electron chi connectivity index (χ2n) is 4.13. The van der Waals surface area contributed by atoms with E-state index < -0.39 is 0 Å². The first-order valence-corrected chi connectivity index (χ1v) is 6.44. The van der Waals surface area contributed by atoms with Crippen molar-refractivity contribution in [2.45, 2.75) is 25.1 Å². The number of hydrogen-bond acceptors (Lipinski definition) is 1. The zero-order chi connectivity index (χ0) is 12.4. The minimum Gasteiger partial charge on any atom is -0.466 e. The fourth-order valence-corrected chi connectivity index (χ4v) is 2.73. The Hall–Kier alpha value is -1.09. The Labute approximate surface area is 109 Å². The molecular weight excluding hydrogens is 283 g/mol. The van der Waals surface area contributed by atoms with Crippen LogP contribution in [-0.4, -0.2) is 0 Å². The molecule has 0 saturated carbocycles. The smallest absolute Gasteiger partial charge is 0.126 e. The van der Waals surface area contributed by atoms with Gasteiger partial charge in [-0.25, -0.2) is 4.39 Å². The van der Waals surface area contributed by atoms with Crippen LogP contribution in [0.5, 0.6) is 0 Å². The number of alkyl halides is 1. The van der Waals surface area contributed by atoms with Crippen LogP contribution in [0.1, 0.15) is 27.5 Å². The Morgan fingerprint density at radius 3 is 2.59 bits per heavy atom. The second kappa shape index (κ2) is 5.05. The molecule has 0 spiro atoms. The number of furan rings is 1. The number of aryl methyl sites for hydroxylation is 2. The van der Waals surface area contributed by atoms with Gasteiger partial charge >= 0.3 is 0 Å². The molecule has 0 aliphatic carbocycles. The standard InChI is InChI=1S/C14H14BrFO/c1-9-7-12(10(2)17-9)13(15)8-11-5-3-4-6-14(11)16/h3-7,13H,8H2,1-2H3. The van der Waals surface area contributed by atoms with Crippen LogP contribution < -0.4 is 0 Å². The molecule has 0 saturated heterocycles. The predicted octanol–water partition coefficient (Wildman–Crippen LogP) is 4.71. The van der Waals surface area contributed by atoms with E-state index in [0.717, 1.165) is 17.1 Å². The summed E-state index contributed by atoms with van der Waals surface area (Å²) in [6.45, 7) is 3.84. The topological polar surface area (TPSA) is 13.1 Å². The molecule has 0 radical (unpaired) electrons. The Morgan fingerprint density at radius 2 is 2.00 bits per heavy atom. The van der Waals surface area contributed by atoms with Crippen LogP contribution in [0.15, 0.2) is 34.7 Å². The van der Waals surface area contributed by atoms with Crippen LogP contribution >= 0.6 is 15.9 Å². The van der Waals surface area contributed by atoms with Gasteiger partial charge in [0, 0.05) is 10.4 Å². The lowest BCUT2D eigenvalue weighted by Gasteiger charge is -2.09. The summed E-state index contributed by atoms with van der Waals surface area (Å²) in [7, 11) is 0. The highest BCUT2D eigenvalue weighted by Gasteiger charge is 2.16. The van der Waals surface area contributed by atoms with Gasteiger partial charge in [-0.05, 0) is 38.0 Å². The van der Waals surface area contributed by atoms with Crippen molar-refractivity contribution in [3.05, 3.63) is 58.8 Å². The molecular formula is C14H14BrFO. The molecule has 17 heavy (non-hydrogen) atoms. The average Bonchev–Trinajstić information content (AvgIpc) is 2.61. The molecule has 0 amide bonds. The highest BCUT2D eigenvalue weighted by atomic mass is 79.9. The molecule has 0 aliphatic heterocycles. The SMILES string of the molecule is Cc1cc(C(Br)Cc2ccccc2F)c(C)o1. The molecule has 1 aromatic carbocycles. The summed E-state index contributed by atoms with van der Waals surface area (Å²) in [5, 5.41) is 0. The average molecular weight is 297 g/mol. The molecule has 1 heterocycles. The fourth-order valence-electron chi connectivity index (χ4n) is 1.93. The van der Waals surface area contributed by atoms with E-state index in [-0.39, 0.29) is 10.6 Å². The monoisotopic (exact) mass is 296 g/mol. The summed E-state index contributed by atoms with van der Waals surface area (Å²) in [5.74, 6) is 1.62. The van der Waals surface area contributed by atoms with Gasteiger partial charge in [-0.1, -0.05) is 34.1 Å². The zero-order valence-electron chi connectivity index (χ0n) is 9.84. The van der Waals surface area contributed by atoms with Crippen LogP contribution in [0.2, 0.25) is 0 Å². The largest absolute Gasteiger partial charge is 0.466 e. The normalized spacial score (nSPS) is 12.7. The van der Waals surface area contributed by atoms with Gasteiger partial charge in [0.15, 0.2) is 0 Å². The van der Waals surface area contributed by atoms with E-state index in [1.165, 1.54) is 6.07 Å². The van der Waals surface area contributed by atoms with E-state index in [1.807, 2.05) is 32.0 Å².